The van der Waals surface area contributed by atoms with Crippen LogP contribution in [0.3, 0.4) is 0 Å². The van der Waals surface area contributed by atoms with Crippen molar-refractivity contribution >= 4 is 57.5 Å². The molecule has 0 aromatic carbocycles. The summed E-state index contributed by atoms with van der Waals surface area (Å²) in [6.07, 6.45) is 30.6. The van der Waals surface area contributed by atoms with Gasteiger partial charge in [-0.1, -0.05) is 168 Å². The van der Waals surface area contributed by atoms with Crippen LogP contribution in [0.2, 0.25) is 0 Å². The molecule has 0 unspecified atom stereocenters. The van der Waals surface area contributed by atoms with Crippen molar-refractivity contribution in [2.45, 2.75) is 200 Å². The van der Waals surface area contributed by atoms with E-state index in [0.29, 0.717) is 12.8 Å². The van der Waals surface area contributed by atoms with Crippen molar-refractivity contribution in [2.75, 3.05) is 13.2 Å². The molecule has 0 fully saturated rings. The van der Waals surface area contributed by atoms with Gasteiger partial charge in [0.05, 0.1) is 14.4 Å². The molecule has 10 heteroatoms. The number of phosphoric acid groups is 1. The van der Waals surface area contributed by atoms with Crippen LogP contribution in [0.5, 0.6) is 0 Å². The summed E-state index contributed by atoms with van der Waals surface area (Å²) in [6.45, 7) is 3.49. The summed E-state index contributed by atoms with van der Waals surface area (Å²) >= 11 is 0. The second-order valence-corrected chi connectivity index (χ2v) is 13.7. The summed E-state index contributed by atoms with van der Waals surface area (Å²) in [7, 11) is -5.24. The smallest absolute Gasteiger partial charge is 0.790 e. The number of carbonyl (C=O) groups is 2. The number of hydrogen-bond acceptors (Lipinski definition) is 8. The normalized spacial score (nSPS) is 12.1. The summed E-state index contributed by atoms with van der Waals surface area (Å²) in [5.74, 6) is -0.945. The number of hydrogen-bond donors (Lipinski definition) is 0. The summed E-state index contributed by atoms with van der Waals surface area (Å²) in [5, 5.41) is 0. The number of phosphoric ester groups is 1. The van der Waals surface area contributed by atoms with Gasteiger partial charge in [-0.2, -0.15) is 0 Å². The van der Waals surface area contributed by atoms with E-state index in [1.54, 1.807) is 0 Å². The Labute approximate surface area is 306 Å². The number of unbranched alkanes of at least 4 members (excludes halogenated alkanes) is 24. The Kier molecular flexibility index (Phi) is 37.5. The van der Waals surface area contributed by atoms with Crippen LogP contribution in [-0.2, 0) is 28.2 Å². The maximum absolute atomic E-state index is 12.3. The van der Waals surface area contributed by atoms with E-state index in [2.05, 4.69) is 18.4 Å². The Morgan fingerprint density at radius 3 is 1.16 bits per heavy atom. The molecule has 0 aliphatic heterocycles. The fraction of sp³-hybridized carbons (Fsp3) is 0.943. The average molecular weight is 687 g/mol. The van der Waals surface area contributed by atoms with Gasteiger partial charge in [-0.05, 0) is 12.8 Å². The van der Waals surface area contributed by atoms with E-state index in [0.717, 1.165) is 32.1 Å². The third-order valence-corrected chi connectivity index (χ3v) is 8.58. The van der Waals surface area contributed by atoms with Crippen LogP contribution in [0.1, 0.15) is 194 Å². The first kappa shape index (κ1) is 47.4. The Bertz CT molecular complexity index is 703. The van der Waals surface area contributed by atoms with Gasteiger partial charge in [-0.25, -0.2) is 0 Å². The minimum absolute atomic E-state index is 0. The maximum atomic E-state index is 12.3. The van der Waals surface area contributed by atoms with Crippen molar-refractivity contribution < 1.29 is 37.9 Å². The van der Waals surface area contributed by atoms with E-state index < -0.39 is 32.5 Å². The van der Waals surface area contributed by atoms with Gasteiger partial charge in [0.2, 0.25) is 0 Å². The molecular formula is C35H67CaO8P. The van der Waals surface area contributed by atoms with Crippen LogP contribution in [0.15, 0.2) is 0 Å². The molecule has 0 aromatic rings. The molecular weight excluding hydrogens is 619 g/mol. The van der Waals surface area contributed by atoms with Crippen molar-refractivity contribution in [2.24, 2.45) is 0 Å². The van der Waals surface area contributed by atoms with Crippen LogP contribution in [-0.4, -0.2) is 69.0 Å². The molecule has 0 rings (SSSR count). The van der Waals surface area contributed by atoms with Gasteiger partial charge in [0.25, 0.3) is 0 Å². The van der Waals surface area contributed by atoms with E-state index in [1.165, 1.54) is 122 Å². The Balaban J connectivity index is 0. The van der Waals surface area contributed by atoms with Gasteiger partial charge < -0.3 is 28.3 Å². The molecule has 0 saturated carbocycles. The molecule has 0 saturated heterocycles. The van der Waals surface area contributed by atoms with E-state index in [1.807, 2.05) is 0 Å². The van der Waals surface area contributed by atoms with E-state index in [9.17, 15) is 23.9 Å². The zero-order valence-electron chi connectivity index (χ0n) is 29.2. The largest absolute Gasteiger partial charge is 2.00 e. The molecule has 0 heterocycles. The van der Waals surface area contributed by atoms with Crippen molar-refractivity contribution in [1.82, 2.24) is 0 Å². The van der Waals surface area contributed by atoms with Crippen LogP contribution in [0.4, 0.5) is 0 Å². The van der Waals surface area contributed by atoms with Crippen LogP contribution >= 0.6 is 7.82 Å². The zero-order chi connectivity index (χ0) is 32.6. The maximum Gasteiger partial charge on any atom is 2.00 e. The third kappa shape index (κ3) is 38.6. The molecule has 0 aromatic heterocycles. The quantitative estimate of drug-likeness (QED) is 0.0285. The standard InChI is InChI=1S/C35H69O8P.Ca/c1-3-5-7-9-11-13-15-17-19-21-23-25-27-29-34(36)41-31-33(32-42-44(38,39)40)43-35(37)30-28-26-24-22-20-18-16-14-12-10-8-6-4-2;/h33H,3-32H2,1-2H3,(H2,38,39,40);/q;+2/p-2/t33-;/m1./s1. The Morgan fingerprint density at radius 2 is 0.822 bits per heavy atom. The molecule has 0 bridgehead atoms. The van der Waals surface area contributed by atoms with E-state index >= 15 is 0 Å². The first-order chi connectivity index (χ1) is 21.3. The third-order valence-electron chi connectivity index (χ3n) is 8.12. The molecule has 8 nitrogen and oxygen atoms in total. The average Bonchev–Trinajstić information content (AvgIpc) is 2.98. The first-order valence-electron chi connectivity index (χ1n) is 18.3. The SMILES string of the molecule is CCCCCCCCCCCCCCCC(=O)OC[C@H](COP(=O)([O-])[O-])OC(=O)CCCCCCCCCCCCCCC.[Ca+2]. The fourth-order valence-electron chi connectivity index (χ4n) is 5.37. The molecule has 0 spiro atoms. The second kappa shape index (κ2) is 35.6. The summed E-state index contributed by atoms with van der Waals surface area (Å²) < 4.78 is 25.7. The molecule has 1 atom stereocenters. The molecule has 0 aliphatic rings. The molecule has 0 N–H and O–H groups in total. The van der Waals surface area contributed by atoms with Crippen molar-refractivity contribution in [1.29, 1.82) is 0 Å². The number of carbonyl (C=O) groups excluding carboxylic acids is 2. The molecule has 0 radical (unpaired) electrons. The van der Waals surface area contributed by atoms with Gasteiger partial charge in [-0.3, -0.25) is 9.59 Å². The minimum Gasteiger partial charge on any atom is -0.790 e. The van der Waals surface area contributed by atoms with Crippen molar-refractivity contribution in [3.05, 3.63) is 0 Å². The molecule has 0 aliphatic carbocycles. The van der Waals surface area contributed by atoms with Crippen molar-refractivity contribution in [3.63, 3.8) is 0 Å². The van der Waals surface area contributed by atoms with Crippen LogP contribution in [0.25, 0.3) is 0 Å². The van der Waals surface area contributed by atoms with Gasteiger partial charge in [0.1, 0.15) is 6.61 Å². The van der Waals surface area contributed by atoms with Crippen LogP contribution in [0, 0.1) is 0 Å². The number of esters is 2. The monoisotopic (exact) mass is 686 g/mol. The van der Waals surface area contributed by atoms with Crippen molar-refractivity contribution in [3.8, 4) is 0 Å². The second-order valence-electron chi connectivity index (χ2n) is 12.5. The molecule has 45 heavy (non-hydrogen) atoms. The predicted octanol–water partition coefficient (Wildman–Crippen LogP) is 8.87. The first-order valence-corrected chi connectivity index (χ1v) is 19.8. The summed E-state index contributed by atoms with van der Waals surface area (Å²) in [6, 6.07) is 0. The van der Waals surface area contributed by atoms with Gasteiger partial charge >= 0.3 is 49.7 Å². The zero-order valence-corrected chi connectivity index (χ0v) is 32.3. The molecule has 262 valence electrons. The van der Waals surface area contributed by atoms with Gasteiger partial charge in [0.15, 0.2) is 6.10 Å². The topological polar surface area (TPSA) is 125 Å². The van der Waals surface area contributed by atoms with Gasteiger partial charge in [0, 0.05) is 12.8 Å². The molecule has 0 amide bonds. The van der Waals surface area contributed by atoms with E-state index in [-0.39, 0.29) is 57.2 Å². The number of rotatable bonds is 34. The Morgan fingerprint density at radius 1 is 0.511 bits per heavy atom. The predicted molar refractivity (Wildman–Crippen MR) is 181 cm³/mol. The number of ether oxygens (including phenoxy) is 2. The summed E-state index contributed by atoms with van der Waals surface area (Å²) in [5.41, 5.74) is 0. The van der Waals surface area contributed by atoms with Crippen LogP contribution < -0.4 is 9.79 Å². The Hall–Kier alpha value is 0.310. The van der Waals surface area contributed by atoms with Gasteiger partial charge in [-0.15, -0.1) is 0 Å². The minimum atomic E-state index is -5.24. The summed E-state index contributed by atoms with van der Waals surface area (Å²) in [4.78, 5) is 46.3. The van der Waals surface area contributed by atoms with E-state index in [4.69, 9.17) is 9.47 Å². The fourth-order valence-corrected chi connectivity index (χ4v) is 5.72.